The molecule has 0 spiro atoms. The SMILES string of the molecule is CNC1(c2ccc(NC(=O)C3CC3)cn2)CC1. The van der Waals surface area contributed by atoms with Gasteiger partial charge < -0.3 is 10.6 Å². The first-order chi connectivity index (χ1) is 8.23. The van der Waals surface area contributed by atoms with Crippen LogP contribution in [0.5, 0.6) is 0 Å². The Balaban J connectivity index is 1.69. The maximum absolute atomic E-state index is 11.6. The van der Waals surface area contributed by atoms with Crippen molar-refractivity contribution in [2.45, 2.75) is 31.2 Å². The molecule has 2 aliphatic carbocycles. The van der Waals surface area contributed by atoms with Gasteiger partial charge in [-0.1, -0.05) is 0 Å². The Morgan fingerprint density at radius 1 is 1.41 bits per heavy atom. The summed E-state index contributed by atoms with van der Waals surface area (Å²) in [5, 5.41) is 6.21. The molecule has 1 aromatic heterocycles. The molecule has 90 valence electrons. The molecule has 4 heteroatoms. The van der Waals surface area contributed by atoms with E-state index in [1.807, 2.05) is 19.2 Å². The topological polar surface area (TPSA) is 54.0 Å². The predicted molar refractivity (Wildman–Crippen MR) is 65.6 cm³/mol. The average Bonchev–Trinajstić information content (AvgIpc) is 3.23. The first-order valence-electron chi connectivity index (χ1n) is 6.20. The van der Waals surface area contributed by atoms with Crippen molar-refractivity contribution in [2.24, 2.45) is 5.92 Å². The predicted octanol–water partition coefficient (Wildman–Crippen LogP) is 1.64. The molecule has 2 saturated carbocycles. The van der Waals surface area contributed by atoms with E-state index in [2.05, 4.69) is 15.6 Å². The van der Waals surface area contributed by atoms with E-state index >= 15 is 0 Å². The Hall–Kier alpha value is -1.42. The zero-order valence-electron chi connectivity index (χ0n) is 9.99. The number of amides is 1. The smallest absolute Gasteiger partial charge is 0.227 e. The molecule has 0 aromatic carbocycles. The van der Waals surface area contributed by atoms with Gasteiger partial charge in [-0.2, -0.15) is 0 Å². The number of pyridine rings is 1. The van der Waals surface area contributed by atoms with E-state index in [0.29, 0.717) is 0 Å². The summed E-state index contributed by atoms with van der Waals surface area (Å²) in [6.45, 7) is 0. The van der Waals surface area contributed by atoms with Gasteiger partial charge in [0, 0.05) is 5.92 Å². The number of anilines is 1. The number of rotatable bonds is 4. The molecule has 17 heavy (non-hydrogen) atoms. The Morgan fingerprint density at radius 2 is 2.18 bits per heavy atom. The highest BCUT2D eigenvalue weighted by atomic mass is 16.2. The van der Waals surface area contributed by atoms with Crippen LogP contribution in [0.2, 0.25) is 0 Å². The molecular weight excluding hydrogens is 214 g/mol. The van der Waals surface area contributed by atoms with Gasteiger partial charge in [0.25, 0.3) is 0 Å². The lowest BCUT2D eigenvalue weighted by molar-refractivity contribution is -0.117. The van der Waals surface area contributed by atoms with Crippen molar-refractivity contribution in [3.8, 4) is 0 Å². The third kappa shape index (κ3) is 2.05. The van der Waals surface area contributed by atoms with Crippen molar-refractivity contribution in [2.75, 3.05) is 12.4 Å². The van der Waals surface area contributed by atoms with Crippen LogP contribution in [0.1, 0.15) is 31.4 Å². The second-order valence-electron chi connectivity index (χ2n) is 5.03. The van der Waals surface area contributed by atoms with Crippen LogP contribution in [-0.4, -0.2) is 17.9 Å². The second kappa shape index (κ2) is 3.81. The summed E-state index contributed by atoms with van der Waals surface area (Å²) < 4.78 is 0. The minimum absolute atomic E-state index is 0.0963. The number of carbonyl (C=O) groups excluding carboxylic acids is 1. The van der Waals surface area contributed by atoms with Crippen LogP contribution in [0.4, 0.5) is 5.69 Å². The van der Waals surface area contributed by atoms with Crippen LogP contribution in [0, 0.1) is 5.92 Å². The highest BCUT2D eigenvalue weighted by Crippen LogP contribution is 2.44. The first kappa shape index (κ1) is 10.7. The van der Waals surface area contributed by atoms with Crippen molar-refractivity contribution in [1.29, 1.82) is 0 Å². The van der Waals surface area contributed by atoms with Crippen molar-refractivity contribution in [3.05, 3.63) is 24.0 Å². The van der Waals surface area contributed by atoms with Gasteiger partial charge in [-0.15, -0.1) is 0 Å². The zero-order valence-corrected chi connectivity index (χ0v) is 9.99. The largest absolute Gasteiger partial charge is 0.324 e. The molecule has 0 radical (unpaired) electrons. The molecule has 0 unspecified atom stereocenters. The lowest BCUT2D eigenvalue weighted by Crippen LogP contribution is -2.25. The Morgan fingerprint density at radius 3 is 2.65 bits per heavy atom. The van der Waals surface area contributed by atoms with E-state index in [9.17, 15) is 4.79 Å². The molecule has 2 fully saturated rings. The first-order valence-corrected chi connectivity index (χ1v) is 6.20. The average molecular weight is 231 g/mol. The molecule has 1 heterocycles. The van der Waals surface area contributed by atoms with Gasteiger partial charge in [-0.3, -0.25) is 9.78 Å². The van der Waals surface area contributed by atoms with Crippen molar-refractivity contribution >= 4 is 11.6 Å². The summed E-state index contributed by atoms with van der Waals surface area (Å²) in [6.07, 6.45) is 6.10. The Bertz CT molecular complexity index is 432. The van der Waals surface area contributed by atoms with E-state index < -0.39 is 0 Å². The third-order valence-electron chi connectivity index (χ3n) is 3.70. The number of aromatic nitrogens is 1. The van der Waals surface area contributed by atoms with Gasteiger partial charge in [0.05, 0.1) is 23.1 Å². The molecule has 3 rings (SSSR count). The van der Waals surface area contributed by atoms with E-state index in [1.165, 1.54) is 0 Å². The quantitative estimate of drug-likeness (QED) is 0.828. The minimum Gasteiger partial charge on any atom is -0.324 e. The molecule has 1 amide bonds. The number of nitrogens with one attached hydrogen (secondary N) is 2. The van der Waals surface area contributed by atoms with Gasteiger partial charge >= 0.3 is 0 Å². The molecule has 2 N–H and O–H groups in total. The fourth-order valence-corrected chi connectivity index (χ4v) is 2.10. The molecule has 0 atom stereocenters. The second-order valence-corrected chi connectivity index (χ2v) is 5.03. The number of hydrogen-bond donors (Lipinski definition) is 2. The number of carbonyl (C=O) groups is 1. The monoisotopic (exact) mass is 231 g/mol. The number of hydrogen-bond acceptors (Lipinski definition) is 3. The van der Waals surface area contributed by atoms with Gasteiger partial charge in [0.15, 0.2) is 0 Å². The molecule has 2 aliphatic rings. The lowest BCUT2D eigenvalue weighted by Gasteiger charge is -2.13. The van der Waals surface area contributed by atoms with Crippen LogP contribution in [-0.2, 0) is 10.3 Å². The molecule has 0 aliphatic heterocycles. The Labute approximate surface area is 101 Å². The third-order valence-corrected chi connectivity index (χ3v) is 3.70. The van der Waals surface area contributed by atoms with Crippen LogP contribution < -0.4 is 10.6 Å². The van der Waals surface area contributed by atoms with Gasteiger partial charge in [-0.25, -0.2) is 0 Å². The fourth-order valence-electron chi connectivity index (χ4n) is 2.10. The summed E-state index contributed by atoms with van der Waals surface area (Å²) in [7, 11) is 1.97. The van der Waals surface area contributed by atoms with Crippen molar-refractivity contribution in [1.82, 2.24) is 10.3 Å². The maximum atomic E-state index is 11.6. The summed E-state index contributed by atoms with van der Waals surface area (Å²) in [5.41, 5.74) is 1.97. The standard InChI is InChI=1S/C13H17N3O/c1-14-13(6-7-13)11-5-4-10(8-15-11)16-12(17)9-2-3-9/h4-5,8-9,14H,2-3,6-7H2,1H3,(H,16,17). The van der Waals surface area contributed by atoms with Gasteiger partial charge in [0.2, 0.25) is 5.91 Å². The van der Waals surface area contributed by atoms with E-state index in [-0.39, 0.29) is 17.4 Å². The number of nitrogens with zero attached hydrogens (tertiary/aromatic N) is 1. The highest BCUT2D eigenvalue weighted by molar-refractivity contribution is 5.93. The van der Waals surface area contributed by atoms with Crippen molar-refractivity contribution < 1.29 is 4.79 Å². The summed E-state index contributed by atoms with van der Waals surface area (Å²) in [4.78, 5) is 16.0. The van der Waals surface area contributed by atoms with Gasteiger partial charge in [-0.05, 0) is 44.9 Å². The van der Waals surface area contributed by atoms with Crippen LogP contribution >= 0.6 is 0 Å². The lowest BCUT2D eigenvalue weighted by atomic mass is 10.1. The molecular formula is C13H17N3O. The summed E-state index contributed by atoms with van der Waals surface area (Å²) in [5.74, 6) is 0.371. The molecule has 4 nitrogen and oxygen atoms in total. The Kier molecular flexibility index (Phi) is 2.40. The molecule has 0 saturated heterocycles. The fraction of sp³-hybridized carbons (Fsp3) is 0.538. The minimum atomic E-state index is 0.0963. The summed E-state index contributed by atoms with van der Waals surface area (Å²) in [6, 6.07) is 3.95. The van der Waals surface area contributed by atoms with E-state index in [1.54, 1.807) is 6.20 Å². The zero-order chi connectivity index (χ0) is 11.9. The van der Waals surface area contributed by atoms with Crippen LogP contribution in [0.3, 0.4) is 0 Å². The maximum Gasteiger partial charge on any atom is 0.227 e. The van der Waals surface area contributed by atoms with E-state index in [4.69, 9.17) is 0 Å². The van der Waals surface area contributed by atoms with E-state index in [0.717, 1.165) is 37.1 Å². The van der Waals surface area contributed by atoms with Gasteiger partial charge in [0.1, 0.15) is 0 Å². The summed E-state index contributed by atoms with van der Waals surface area (Å²) >= 11 is 0. The molecule has 0 bridgehead atoms. The van der Waals surface area contributed by atoms with Crippen molar-refractivity contribution in [3.63, 3.8) is 0 Å². The normalized spacial score (nSPS) is 21.0. The molecule has 1 aromatic rings. The van der Waals surface area contributed by atoms with Crippen LogP contribution in [0.25, 0.3) is 0 Å². The van der Waals surface area contributed by atoms with Crippen LogP contribution in [0.15, 0.2) is 18.3 Å². The highest BCUT2D eigenvalue weighted by Gasteiger charge is 2.44.